The molecule has 0 atom stereocenters. The number of amides is 1. The fourth-order valence-corrected chi connectivity index (χ4v) is 4.38. The van der Waals surface area contributed by atoms with E-state index in [0.717, 1.165) is 31.7 Å². The zero-order valence-electron chi connectivity index (χ0n) is 17.4. The largest absolute Gasteiger partial charge is 0.355 e. The van der Waals surface area contributed by atoms with Crippen molar-refractivity contribution in [1.82, 2.24) is 15.0 Å². The molecule has 2 aromatic heterocycles. The molecule has 166 valence electrons. The maximum absolute atomic E-state index is 13.8. The van der Waals surface area contributed by atoms with Crippen molar-refractivity contribution in [3.63, 3.8) is 0 Å². The summed E-state index contributed by atoms with van der Waals surface area (Å²) in [6, 6.07) is 7.80. The van der Waals surface area contributed by atoms with Crippen molar-refractivity contribution in [3.05, 3.63) is 65.5 Å². The van der Waals surface area contributed by atoms with Crippen LogP contribution in [-0.2, 0) is 0 Å². The number of hydrogen-bond donors (Lipinski definition) is 2. The van der Waals surface area contributed by atoms with Crippen LogP contribution >= 0.6 is 23.4 Å². The molecule has 3 aromatic rings. The second kappa shape index (κ2) is 9.40. The number of carbonyl (C=O) groups is 1. The van der Waals surface area contributed by atoms with E-state index in [-0.39, 0.29) is 11.2 Å². The maximum Gasteiger partial charge on any atom is 0.277 e. The van der Waals surface area contributed by atoms with Crippen LogP contribution in [0, 0.1) is 5.82 Å². The third kappa shape index (κ3) is 5.17. The van der Waals surface area contributed by atoms with Gasteiger partial charge in [-0.15, -0.1) is 0 Å². The highest BCUT2D eigenvalue weighted by Gasteiger charge is 2.26. The Bertz CT molecular complexity index is 1120. The minimum Gasteiger partial charge on any atom is -0.355 e. The number of aromatic nitrogens is 3. The van der Waals surface area contributed by atoms with Crippen molar-refractivity contribution in [3.8, 4) is 0 Å². The van der Waals surface area contributed by atoms with Gasteiger partial charge in [0.2, 0.25) is 0 Å². The molecule has 1 aliphatic heterocycles. The van der Waals surface area contributed by atoms with Crippen molar-refractivity contribution in [2.24, 2.45) is 5.73 Å². The summed E-state index contributed by atoms with van der Waals surface area (Å²) < 4.78 is 13.8. The van der Waals surface area contributed by atoms with E-state index in [1.807, 2.05) is 6.07 Å². The molecule has 1 fully saturated rings. The minimum absolute atomic E-state index is 0.126. The van der Waals surface area contributed by atoms with Gasteiger partial charge in [0.15, 0.2) is 11.5 Å². The summed E-state index contributed by atoms with van der Waals surface area (Å²) in [7, 11) is 0. The fourth-order valence-electron chi connectivity index (χ4n) is 3.31. The first kappa shape index (κ1) is 22.4. The number of anilines is 2. The molecule has 0 radical (unpaired) electrons. The van der Waals surface area contributed by atoms with Crippen LogP contribution in [0.5, 0.6) is 0 Å². The van der Waals surface area contributed by atoms with E-state index >= 15 is 0 Å². The van der Waals surface area contributed by atoms with E-state index in [9.17, 15) is 9.18 Å². The van der Waals surface area contributed by atoms with Crippen LogP contribution in [0.25, 0.3) is 0 Å². The highest BCUT2D eigenvalue weighted by Crippen LogP contribution is 2.37. The van der Waals surface area contributed by atoms with Gasteiger partial charge in [-0.1, -0.05) is 29.4 Å². The number of nitrogens with two attached hydrogens (primary N) is 1. The summed E-state index contributed by atoms with van der Waals surface area (Å²) in [5.41, 5.74) is 6.13. The van der Waals surface area contributed by atoms with Crippen LogP contribution in [0.1, 0.15) is 30.3 Å². The van der Waals surface area contributed by atoms with Gasteiger partial charge in [0.1, 0.15) is 10.8 Å². The molecule has 4 rings (SSSR count). The Morgan fingerprint density at radius 2 is 1.97 bits per heavy atom. The topological polar surface area (TPSA) is 97.0 Å². The van der Waals surface area contributed by atoms with E-state index in [2.05, 4.69) is 32.1 Å². The molecule has 0 saturated carbocycles. The number of carbonyl (C=O) groups excluding carboxylic acids is 1. The number of nitrogens with zero attached hydrogens (tertiary/aromatic N) is 4. The number of hydrogen-bond acceptors (Lipinski definition) is 7. The van der Waals surface area contributed by atoms with Crippen molar-refractivity contribution >= 4 is 40.8 Å². The summed E-state index contributed by atoms with van der Waals surface area (Å²) in [5.74, 6) is -0.562. The molecule has 1 aromatic carbocycles. The molecule has 0 aliphatic carbocycles. The number of rotatable bonds is 5. The molecule has 0 unspecified atom stereocenters. The summed E-state index contributed by atoms with van der Waals surface area (Å²) in [5, 5.41) is 3.60. The molecule has 3 heterocycles. The van der Waals surface area contributed by atoms with Gasteiger partial charge in [0.25, 0.3) is 5.91 Å². The number of halogens is 2. The summed E-state index contributed by atoms with van der Waals surface area (Å²) >= 11 is 7.82. The van der Waals surface area contributed by atoms with Gasteiger partial charge in [0, 0.05) is 29.7 Å². The molecule has 0 bridgehead atoms. The van der Waals surface area contributed by atoms with Crippen molar-refractivity contribution < 1.29 is 9.18 Å². The smallest absolute Gasteiger partial charge is 0.277 e. The number of benzene rings is 1. The summed E-state index contributed by atoms with van der Waals surface area (Å²) in [6.45, 7) is 3.76. The standard InChI is InChI=1S/C22H22ClFN6OS/c1-22(25)7-10-30(11-8-22)17-12-28-18(13-27-17)32-16-6-2-5-15(19(16)23)29-21(31)20-14(24)4-3-9-26-20/h2-6,9,12-13H,7-8,10-11,25H2,1H3,(H,29,31). The van der Waals surface area contributed by atoms with E-state index < -0.39 is 11.7 Å². The summed E-state index contributed by atoms with van der Waals surface area (Å²) in [4.78, 5) is 28.1. The van der Waals surface area contributed by atoms with Gasteiger partial charge >= 0.3 is 0 Å². The molecule has 1 saturated heterocycles. The summed E-state index contributed by atoms with van der Waals surface area (Å²) in [6.07, 6.45) is 6.60. The maximum atomic E-state index is 13.8. The molecule has 10 heteroatoms. The minimum atomic E-state index is -0.702. The Kier molecular flexibility index (Phi) is 6.59. The third-order valence-corrected chi connectivity index (χ3v) is 6.74. The molecule has 3 N–H and O–H groups in total. The van der Waals surface area contributed by atoms with Crippen LogP contribution in [0.2, 0.25) is 5.02 Å². The lowest BCUT2D eigenvalue weighted by atomic mass is 9.91. The van der Waals surface area contributed by atoms with E-state index in [1.165, 1.54) is 30.1 Å². The monoisotopic (exact) mass is 472 g/mol. The zero-order chi connectivity index (χ0) is 22.7. The molecule has 0 spiro atoms. The van der Waals surface area contributed by atoms with Gasteiger partial charge in [-0.2, -0.15) is 0 Å². The average Bonchev–Trinajstić information content (AvgIpc) is 2.77. The van der Waals surface area contributed by atoms with Crippen LogP contribution in [0.15, 0.2) is 58.8 Å². The lowest BCUT2D eigenvalue weighted by Crippen LogP contribution is -2.48. The second-order valence-corrected chi connectivity index (χ2v) is 9.30. The predicted octanol–water partition coefficient (Wildman–Crippen LogP) is 4.39. The van der Waals surface area contributed by atoms with Gasteiger partial charge in [0.05, 0.1) is 23.1 Å². The van der Waals surface area contributed by atoms with Gasteiger partial charge in [-0.3, -0.25) is 4.79 Å². The van der Waals surface area contributed by atoms with Crippen LogP contribution < -0.4 is 16.0 Å². The normalized spacial score (nSPS) is 15.4. The predicted molar refractivity (Wildman–Crippen MR) is 124 cm³/mol. The Morgan fingerprint density at radius 1 is 1.19 bits per heavy atom. The van der Waals surface area contributed by atoms with Crippen LogP contribution in [0.4, 0.5) is 15.9 Å². The first-order valence-corrected chi connectivity index (χ1v) is 11.3. The SMILES string of the molecule is CC1(N)CCN(c2cnc(Sc3cccc(NC(=O)c4ncccc4F)c3Cl)cn2)CC1. The van der Waals surface area contributed by atoms with E-state index in [0.29, 0.717) is 20.6 Å². The van der Waals surface area contributed by atoms with E-state index in [4.69, 9.17) is 17.3 Å². The van der Waals surface area contributed by atoms with Gasteiger partial charge in [-0.25, -0.2) is 19.3 Å². The Morgan fingerprint density at radius 3 is 2.66 bits per heavy atom. The number of nitrogens with one attached hydrogen (secondary N) is 1. The van der Waals surface area contributed by atoms with Crippen molar-refractivity contribution in [2.45, 2.75) is 35.2 Å². The fraction of sp³-hybridized carbons (Fsp3) is 0.273. The van der Waals surface area contributed by atoms with Crippen LogP contribution in [0.3, 0.4) is 0 Å². The van der Waals surface area contributed by atoms with Crippen molar-refractivity contribution in [1.29, 1.82) is 0 Å². The Hall–Kier alpha value is -2.75. The first-order valence-electron chi connectivity index (χ1n) is 10.1. The molecular weight excluding hydrogens is 451 g/mol. The molecule has 32 heavy (non-hydrogen) atoms. The van der Waals surface area contributed by atoms with Crippen molar-refractivity contribution in [2.75, 3.05) is 23.3 Å². The highest BCUT2D eigenvalue weighted by molar-refractivity contribution is 7.99. The second-order valence-electron chi connectivity index (χ2n) is 7.86. The quantitative estimate of drug-likeness (QED) is 0.568. The molecule has 7 nitrogen and oxygen atoms in total. The molecule has 1 amide bonds. The third-order valence-electron chi connectivity index (χ3n) is 5.24. The number of piperidine rings is 1. The average molecular weight is 473 g/mol. The lowest BCUT2D eigenvalue weighted by Gasteiger charge is -2.37. The number of pyridine rings is 1. The van der Waals surface area contributed by atoms with Gasteiger partial charge in [-0.05, 0) is 44.0 Å². The molecule has 1 aliphatic rings. The zero-order valence-corrected chi connectivity index (χ0v) is 19.0. The Labute approximate surface area is 194 Å². The highest BCUT2D eigenvalue weighted by atomic mass is 35.5. The van der Waals surface area contributed by atoms with Gasteiger partial charge < -0.3 is 16.0 Å². The van der Waals surface area contributed by atoms with E-state index in [1.54, 1.807) is 24.5 Å². The lowest BCUT2D eigenvalue weighted by molar-refractivity contribution is 0.101. The Balaban J connectivity index is 1.45. The molecular formula is C22H22ClFN6OS. The first-order chi connectivity index (χ1) is 15.3. The van der Waals surface area contributed by atoms with Crippen LogP contribution in [-0.4, -0.2) is 39.5 Å².